The molecule has 4 nitrogen and oxygen atoms in total. The second-order valence-electron chi connectivity index (χ2n) is 5.66. The molecule has 0 saturated heterocycles. The van der Waals surface area contributed by atoms with E-state index in [1.165, 1.54) is 4.90 Å². The molecule has 1 heterocycles. The Morgan fingerprint density at radius 2 is 1.85 bits per heavy atom. The van der Waals surface area contributed by atoms with Crippen LogP contribution in [0.3, 0.4) is 0 Å². The van der Waals surface area contributed by atoms with Gasteiger partial charge in [0.2, 0.25) is 0 Å². The third kappa shape index (κ3) is 2.81. The number of rotatable bonds is 4. The van der Waals surface area contributed by atoms with Crippen molar-refractivity contribution in [3.63, 3.8) is 0 Å². The highest BCUT2D eigenvalue weighted by Gasteiger charge is 2.40. The van der Waals surface area contributed by atoms with Crippen LogP contribution >= 0.6 is 0 Å². The van der Waals surface area contributed by atoms with Gasteiger partial charge in [0.25, 0.3) is 0 Å². The minimum absolute atomic E-state index is 0.0725. The maximum atomic E-state index is 12.8. The van der Waals surface area contributed by atoms with Gasteiger partial charge in [0, 0.05) is 17.5 Å². The van der Waals surface area contributed by atoms with Crippen LogP contribution in [0.4, 0.5) is 24.8 Å². The summed E-state index contributed by atoms with van der Waals surface area (Å²) in [6.07, 6.45) is -0.708. The Labute approximate surface area is 115 Å². The Hall–Kier alpha value is -1.53. The average molecular weight is 286 g/mol. The molecule has 0 bridgehead atoms. The fourth-order valence-corrected chi connectivity index (χ4v) is 2.30. The lowest BCUT2D eigenvalue weighted by Crippen LogP contribution is -2.37. The Kier molecular flexibility index (Phi) is 3.02. The molecule has 2 saturated carbocycles. The van der Waals surface area contributed by atoms with Gasteiger partial charge in [-0.2, -0.15) is 13.2 Å². The molecular weight excluding hydrogens is 269 g/mol. The molecule has 2 N–H and O–H groups in total. The zero-order chi connectivity index (χ0) is 14.5. The number of aromatic nitrogens is 2. The third-order valence-corrected chi connectivity index (χ3v) is 3.73. The number of halogens is 3. The fraction of sp³-hybridized carbons (Fsp3) is 0.692. The first-order chi connectivity index (χ1) is 9.35. The number of nitrogens with zero attached hydrogens (tertiary/aromatic N) is 3. The molecule has 0 unspecified atom stereocenters. The van der Waals surface area contributed by atoms with Gasteiger partial charge in [-0.3, -0.25) is 0 Å². The van der Waals surface area contributed by atoms with E-state index in [4.69, 9.17) is 5.73 Å². The summed E-state index contributed by atoms with van der Waals surface area (Å²) in [6.45, 7) is 0.714. The molecule has 110 valence electrons. The second kappa shape index (κ2) is 4.49. The zero-order valence-electron chi connectivity index (χ0n) is 11.2. The van der Waals surface area contributed by atoms with E-state index in [0.717, 1.165) is 25.7 Å². The number of alkyl halides is 3. The third-order valence-electron chi connectivity index (χ3n) is 3.73. The molecular formula is C13H17F3N4. The van der Waals surface area contributed by atoms with Crippen molar-refractivity contribution in [3.05, 3.63) is 11.4 Å². The van der Waals surface area contributed by atoms with E-state index in [2.05, 4.69) is 9.97 Å². The van der Waals surface area contributed by atoms with Crippen LogP contribution in [0.15, 0.2) is 0 Å². The summed E-state index contributed by atoms with van der Waals surface area (Å²) in [5.41, 5.74) is 6.40. The van der Waals surface area contributed by atoms with Gasteiger partial charge in [0.1, 0.15) is 24.0 Å². The maximum Gasteiger partial charge on any atom is 0.405 e. The van der Waals surface area contributed by atoms with Gasteiger partial charge in [-0.05, 0) is 32.6 Å². The molecule has 1 aromatic heterocycles. The van der Waals surface area contributed by atoms with Crippen LogP contribution in [-0.4, -0.2) is 28.7 Å². The van der Waals surface area contributed by atoms with E-state index in [-0.39, 0.29) is 12.0 Å². The maximum absolute atomic E-state index is 12.8. The van der Waals surface area contributed by atoms with E-state index in [1.807, 2.05) is 0 Å². The Morgan fingerprint density at radius 1 is 1.20 bits per heavy atom. The molecule has 0 amide bonds. The SMILES string of the molecule is Cc1c(N)nc(C2CC2)nc1N(CC(F)(F)F)C1CC1. The highest BCUT2D eigenvalue weighted by atomic mass is 19.4. The van der Waals surface area contributed by atoms with Gasteiger partial charge in [-0.25, -0.2) is 9.97 Å². The summed E-state index contributed by atoms with van der Waals surface area (Å²) in [5.74, 6) is 1.52. The Balaban J connectivity index is 1.96. The van der Waals surface area contributed by atoms with Crippen molar-refractivity contribution in [1.29, 1.82) is 0 Å². The first kappa shape index (κ1) is 13.5. The van der Waals surface area contributed by atoms with Crippen molar-refractivity contribution in [2.45, 2.75) is 50.7 Å². The lowest BCUT2D eigenvalue weighted by Gasteiger charge is -2.27. The molecule has 0 aromatic carbocycles. The largest absolute Gasteiger partial charge is 0.405 e. The van der Waals surface area contributed by atoms with E-state index in [0.29, 0.717) is 23.0 Å². The van der Waals surface area contributed by atoms with Gasteiger partial charge in [0.05, 0.1) is 0 Å². The van der Waals surface area contributed by atoms with E-state index >= 15 is 0 Å². The van der Waals surface area contributed by atoms with Gasteiger partial charge in [-0.15, -0.1) is 0 Å². The average Bonchev–Trinajstić information content (AvgIpc) is 3.21. The van der Waals surface area contributed by atoms with Crippen LogP contribution in [0.5, 0.6) is 0 Å². The first-order valence-corrected chi connectivity index (χ1v) is 6.82. The van der Waals surface area contributed by atoms with Crippen molar-refractivity contribution in [1.82, 2.24) is 9.97 Å². The van der Waals surface area contributed by atoms with Gasteiger partial charge < -0.3 is 10.6 Å². The summed E-state index contributed by atoms with van der Waals surface area (Å²) in [5, 5.41) is 0. The molecule has 2 fully saturated rings. The summed E-state index contributed by atoms with van der Waals surface area (Å²) in [7, 11) is 0. The topological polar surface area (TPSA) is 55.0 Å². The monoisotopic (exact) mass is 286 g/mol. The normalized spacial score (nSPS) is 19.2. The molecule has 0 spiro atoms. The summed E-state index contributed by atoms with van der Waals surface area (Å²) in [6, 6.07) is -0.0725. The number of nitrogen functional groups attached to an aromatic ring is 1. The molecule has 2 aliphatic carbocycles. The van der Waals surface area contributed by atoms with E-state index in [1.54, 1.807) is 6.92 Å². The van der Waals surface area contributed by atoms with Crippen molar-refractivity contribution < 1.29 is 13.2 Å². The number of anilines is 2. The highest BCUT2D eigenvalue weighted by molar-refractivity contribution is 5.58. The molecule has 0 radical (unpaired) electrons. The van der Waals surface area contributed by atoms with E-state index < -0.39 is 12.7 Å². The molecule has 1 aromatic rings. The predicted octanol–water partition coefficient (Wildman–Crippen LogP) is 2.78. The molecule has 20 heavy (non-hydrogen) atoms. The summed E-state index contributed by atoms with van der Waals surface area (Å²) < 4.78 is 38.3. The smallest absolute Gasteiger partial charge is 0.383 e. The minimum atomic E-state index is -4.24. The zero-order valence-corrected chi connectivity index (χ0v) is 11.2. The van der Waals surface area contributed by atoms with Crippen LogP contribution in [0, 0.1) is 6.92 Å². The highest BCUT2D eigenvalue weighted by Crippen LogP contribution is 2.41. The first-order valence-electron chi connectivity index (χ1n) is 6.82. The van der Waals surface area contributed by atoms with Crippen LogP contribution in [0.2, 0.25) is 0 Å². The van der Waals surface area contributed by atoms with Crippen LogP contribution in [0.1, 0.15) is 43.0 Å². The van der Waals surface area contributed by atoms with Crippen LogP contribution in [0.25, 0.3) is 0 Å². The molecule has 0 atom stereocenters. The lowest BCUT2D eigenvalue weighted by atomic mass is 10.2. The standard InChI is InChI=1S/C13H17F3N4/c1-7-10(17)18-11(8-2-3-8)19-12(7)20(9-4-5-9)6-13(14,15)16/h8-9H,2-6H2,1H3,(H2,17,18,19). The van der Waals surface area contributed by atoms with Gasteiger partial charge in [-0.1, -0.05) is 0 Å². The van der Waals surface area contributed by atoms with Crippen LogP contribution in [-0.2, 0) is 0 Å². The number of hydrogen-bond donors (Lipinski definition) is 1. The Bertz CT molecular complexity index is 521. The van der Waals surface area contributed by atoms with Crippen molar-refractivity contribution in [3.8, 4) is 0 Å². The molecule has 0 aliphatic heterocycles. The van der Waals surface area contributed by atoms with Crippen molar-refractivity contribution in [2.24, 2.45) is 0 Å². The molecule has 3 rings (SSSR count). The second-order valence-corrected chi connectivity index (χ2v) is 5.66. The van der Waals surface area contributed by atoms with E-state index in [9.17, 15) is 13.2 Å². The van der Waals surface area contributed by atoms with Gasteiger partial charge >= 0.3 is 6.18 Å². The molecule has 7 heteroatoms. The quantitative estimate of drug-likeness (QED) is 0.924. The summed E-state index contributed by atoms with van der Waals surface area (Å²) in [4.78, 5) is 9.93. The molecule has 2 aliphatic rings. The van der Waals surface area contributed by atoms with Crippen LogP contribution < -0.4 is 10.6 Å². The Morgan fingerprint density at radius 3 is 2.35 bits per heavy atom. The predicted molar refractivity (Wildman–Crippen MR) is 69.6 cm³/mol. The fourth-order valence-electron chi connectivity index (χ4n) is 2.30. The number of nitrogens with two attached hydrogens (primary N) is 1. The minimum Gasteiger partial charge on any atom is -0.383 e. The lowest BCUT2D eigenvalue weighted by molar-refractivity contribution is -0.120. The van der Waals surface area contributed by atoms with Crippen molar-refractivity contribution in [2.75, 3.05) is 17.2 Å². The van der Waals surface area contributed by atoms with Gasteiger partial charge in [0.15, 0.2) is 0 Å². The summed E-state index contributed by atoms with van der Waals surface area (Å²) >= 11 is 0. The number of hydrogen-bond acceptors (Lipinski definition) is 4. The van der Waals surface area contributed by atoms with Crippen molar-refractivity contribution >= 4 is 11.6 Å².